The fourth-order valence-corrected chi connectivity index (χ4v) is 3.28. The average Bonchev–Trinajstić information content (AvgIpc) is 3.15. The Labute approximate surface area is 143 Å². The average molecular weight is 347 g/mol. The minimum Gasteiger partial charge on any atom is -0.437 e. The summed E-state index contributed by atoms with van der Waals surface area (Å²) in [5.41, 5.74) is 1.49. The molecule has 0 saturated carbocycles. The number of rotatable bonds is 5. The van der Waals surface area contributed by atoms with E-state index in [0.29, 0.717) is 24.6 Å². The smallest absolute Gasteiger partial charge is 0.247 e. The number of likely N-dealkylation sites (N-methyl/N-ethyl adjacent to an activating group) is 1. The summed E-state index contributed by atoms with van der Waals surface area (Å²) >= 11 is 7.41. The Morgan fingerprint density at radius 3 is 2.87 bits per heavy atom. The van der Waals surface area contributed by atoms with E-state index in [2.05, 4.69) is 4.98 Å². The molecule has 0 saturated heterocycles. The molecule has 3 aromatic rings. The zero-order chi connectivity index (χ0) is 16.2. The molecule has 0 radical (unpaired) electrons. The highest BCUT2D eigenvalue weighted by molar-refractivity contribution is 7.16. The summed E-state index contributed by atoms with van der Waals surface area (Å²) in [4.78, 5) is 19.4. The number of fused-ring (bicyclic) bond motifs is 1. The van der Waals surface area contributed by atoms with Crippen LogP contribution in [0.25, 0.3) is 17.2 Å². The lowest BCUT2D eigenvalue weighted by Crippen LogP contribution is -2.28. The quantitative estimate of drug-likeness (QED) is 0.634. The van der Waals surface area contributed by atoms with Crippen molar-refractivity contribution in [2.75, 3.05) is 6.54 Å². The van der Waals surface area contributed by atoms with Gasteiger partial charge >= 0.3 is 0 Å². The molecule has 118 valence electrons. The third-order valence-corrected chi connectivity index (χ3v) is 4.56. The summed E-state index contributed by atoms with van der Waals surface area (Å²) in [6.07, 6.45) is 3.09. The largest absolute Gasteiger partial charge is 0.437 e. The van der Waals surface area contributed by atoms with Crippen LogP contribution in [0, 0.1) is 0 Å². The van der Waals surface area contributed by atoms with Gasteiger partial charge in [-0.3, -0.25) is 4.79 Å². The predicted molar refractivity (Wildman–Crippen MR) is 93.5 cm³/mol. The van der Waals surface area contributed by atoms with Crippen LogP contribution in [-0.4, -0.2) is 22.3 Å². The van der Waals surface area contributed by atoms with E-state index < -0.39 is 0 Å². The summed E-state index contributed by atoms with van der Waals surface area (Å²) in [5.74, 6) is 0.342. The first-order valence-corrected chi connectivity index (χ1v) is 8.42. The van der Waals surface area contributed by atoms with E-state index in [1.807, 2.05) is 43.3 Å². The molecule has 2 aromatic heterocycles. The second-order valence-electron chi connectivity index (χ2n) is 4.91. The number of carbonyl (C=O) groups excluding carboxylic acids is 1. The molecule has 23 heavy (non-hydrogen) atoms. The van der Waals surface area contributed by atoms with Crippen LogP contribution >= 0.6 is 22.9 Å². The fraction of sp³-hybridized carbons (Fsp3) is 0.176. The van der Waals surface area contributed by atoms with Crippen LogP contribution in [-0.2, 0) is 11.3 Å². The van der Waals surface area contributed by atoms with Crippen LogP contribution in [0.5, 0.6) is 0 Å². The number of oxazole rings is 1. The van der Waals surface area contributed by atoms with Crippen molar-refractivity contribution in [1.82, 2.24) is 9.88 Å². The molecular formula is C17H15ClN2O2S. The van der Waals surface area contributed by atoms with Crippen molar-refractivity contribution in [3.63, 3.8) is 0 Å². The first kappa shape index (κ1) is 15.8. The SMILES string of the molecule is CCN(Cc1ccc(Cl)s1)C(=O)/C=C/c1nc2ccccc2o1. The topological polar surface area (TPSA) is 46.3 Å². The maximum Gasteiger partial charge on any atom is 0.247 e. The maximum absolute atomic E-state index is 12.3. The number of hydrogen-bond acceptors (Lipinski definition) is 4. The van der Waals surface area contributed by atoms with Crippen LogP contribution in [0.2, 0.25) is 4.34 Å². The Kier molecular flexibility index (Phi) is 4.79. The van der Waals surface area contributed by atoms with E-state index in [0.717, 1.165) is 14.7 Å². The second kappa shape index (κ2) is 6.98. The number of amides is 1. The monoisotopic (exact) mass is 346 g/mol. The van der Waals surface area contributed by atoms with Crippen molar-refractivity contribution in [2.45, 2.75) is 13.5 Å². The van der Waals surface area contributed by atoms with Crippen LogP contribution in [0.15, 0.2) is 46.9 Å². The van der Waals surface area contributed by atoms with Gasteiger partial charge in [0, 0.05) is 23.6 Å². The van der Waals surface area contributed by atoms with Crippen molar-refractivity contribution in [3.8, 4) is 0 Å². The summed E-state index contributed by atoms with van der Waals surface area (Å²) in [5, 5.41) is 0. The number of para-hydroxylation sites is 2. The first-order chi connectivity index (χ1) is 11.2. The Morgan fingerprint density at radius 2 is 2.17 bits per heavy atom. The second-order valence-corrected chi connectivity index (χ2v) is 6.71. The normalized spacial score (nSPS) is 11.4. The molecule has 6 heteroatoms. The molecule has 0 bridgehead atoms. The molecule has 0 unspecified atom stereocenters. The number of hydrogen-bond donors (Lipinski definition) is 0. The lowest BCUT2D eigenvalue weighted by molar-refractivity contribution is -0.126. The number of carbonyl (C=O) groups is 1. The van der Waals surface area contributed by atoms with Crippen molar-refractivity contribution in [3.05, 3.63) is 57.6 Å². The van der Waals surface area contributed by atoms with Gasteiger partial charge in [0.05, 0.1) is 10.9 Å². The van der Waals surface area contributed by atoms with Crippen LogP contribution < -0.4 is 0 Å². The van der Waals surface area contributed by atoms with Gasteiger partial charge < -0.3 is 9.32 Å². The lowest BCUT2D eigenvalue weighted by Gasteiger charge is -2.17. The molecule has 3 rings (SSSR count). The molecule has 0 aliphatic heterocycles. The molecule has 0 aliphatic rings. The van der Waals surface area contributed by atoms with E-state index >= 15 is 0 Å². The number of nitrogens with zero attached hydrogens (tertiary/aromatic N) is 2. The summed E-state index contributed by atoms with van der Waals surface area (Å²) < 4.78 is 6.30. The summed E-state index contributed by atoms with van der Waals surface area (Å²) in [6.45, 7) is 3.11. The van der Waals surface area contributed by atoms with E-state index in [-0.39, 0.29) is 5.91 Å². The Bertz CT molecular complexity index is 820. The van der Waals surface area contributed by atoms with Gasteiger partial charge in [-0.15, -0.1) is 11.3 Å². The third-order valence-electron chi connectivity index (χ3n) is 3.35. The van der Waals surface area contributed by atoms with E-state index in [1.165, 1.54) is 17.4 Å². The molecule has 1 aromatic carbocycles. The lowest BCUT2D eigenvalue weighted by atomic mass is 10.3. The molecule has 0 aliphatic carbocycles. The van der Waals surface area contributed by atoms with Crippen LogP contribution in [0.4, 0.5) is 0 Å². The number of aromatic nitrogens is 1. The van der Waals surface area contributed by atoms with Gasteiger partial charge in [-0.25, -0.2) is 4.98 Å². The standard InChI is InChI=1S/C17H15ClN2O2S/c1-2-20(11-12-7-8-15(18)23-12)17(21)10-9-16-19-13-5-3-4-6-14(13)22-16/h3-10H,2,11H2,1H3/b10-9+. The van der Waals surface area contributed by atoms with E-state index in [4.69, 9.17) is 16.0 Å². The van der Waals surface area contributed by atoms with Crippen molar-refractivity contribution in [2.24, 2.45) is 0 Å². The Balaban J connectivity index is 1.70. The van der Waals surface area contributed by atoms with E-state index in [9.17, 15) is 4.79 Å². The molecule has 1 amide bonds. The number of benzene rings is 1. The Hall–Kier alpha value is -2.11. The zero-order valence-electron chi connectivity index (χ0n) is 12.5. The maximum atomic E-state index is 12.3. The van der Waals surface area contributed by atoms with Crippen LogP contribution in [0.1, 0.15) is 17.7 Å². The molecule has 0 fully saturated rings. The molecular weight excluding hydrogens is 332 g/mol. The Morgan fingerprint density at radius 1 is 1.35 bits per heavy atom. The highest BCUT2D eigenvalue weighted by Crippen LogP contribution is 2.23. The molecule has 0 spiro atoms. The van der Waals surface area contributed by atoms with Gasteiger partial charge in [-0.2, -0.15) is 0 Å². The molecule has 0 atom stereocenters. The highest BCUT2D eigenvalue weighted by atomic mass is 35.5. The summed E-state index contributed by atoms with van der Waals surface area (Å²) in [6, 6.07) is 11.3. The van der Waals surface area contributed by atoms with Crippen molar-refractivity contribution in [1.29, 1.82) is 0 Å². The highest BCUT2D eigenvalue weighted by Gasteiger charge is 2.11. The fourth-order valence-electron chi connectivity index (χ4n) is 2.18. The third kappa shape index (κ3) is 3.81. The zero-order valence-corrected chi connectivity index (χ0v) is 14.1. The van der Waals surface area contributed by atoms with Gasteiger partial charge in [0.15, 0.2) is 5.58 Å². The summed E-state index contributed by atoms with van der Waals surface area (Å²) in [7, 11) is 0. The van der Waals surface area contributed by atoms with Gasteiger partial charge in [0.25, 0.3) is 0 Å². The van der Waals surface area contributed by atoms with Crippen molar-refractivity contribution >= 4 is 46.0 Å². The van der Waals surface area contributed by atoms with Gasteiger partial charge in [-0.05, 0) is 31.2 Å². The van der Waals surface area contributed by atoms with Crippen LogP contribution in [0.3, 0.4) is 0 Å². The molecule has 4 nitrogen and oxygen atoms in total. The minimum absolute atomic E-state index is 0.0840. The molecule has 0 N–H and O–H groups in total. The van der Waals surface area contributed by atoms with Gasteiger partial charge in [-0.1, -0.05) is 23.7 Å². The molecule has 2 heterocycles. The predicted octanol–water partition coefficient (Wildman–Crippen LogP) is 4.60. The van der Waals surface area contributed by atoms with E-state index in [1.54, 1.807) is 11.0 Å². The number of thiophene rings is 1. The first-order valence-electron chi connectivity index (χ1n) is 7.22. The van der Waals surface area contributed by atoms with Crippen molar-refractivity contribution < 1.29 is 9.21 Å². The van der Waals surface area contributed by atoms with Gasteiger partial charge in [0.1, 0.15) is 5.52 Å². The van der Waals surface area contributed by atoms with Gasteiger partial charge in [0.2, 0.25) is 11.8 Å². The minimum atomic E-state index is -0.0840. The number of halogens is 1.